The first-order chi connectivity index (χ1) is 16.6. The minimum atomic E-state index is -0.112. The highest BCUT2D eigenvalue weighted by Gasteiger charge is 2.31. The fourth-order valence-corrected chi connectivity index (χ4v) is 7.31. The Morgan fingerprint density at radius 3 is 2.68 bits per heavy atom. The van der Waals surface area contributed by atoms with Crippen molar-refractivity contribution in [2.45, 2.75) is 50.0 Å². The third kappa shape index (κ3) is 4.24. The van der Waals surface area contributed by atoms with Crippen LogP contribution in [-0.4, -0.2) is 63.5 Å². The summed E-state index contributed by atoms with van der Waals surface area (Å²) < 4.78 is 5.23. The fraction of sp³-hybridized carbons (Fsp3) is 0.520. The number of thioether (sulfide) groups is 1. The summed E-state index contributed by atoms with van der Waals surface area (Å²) in [6, 6.07) is 3.40. The van der Waals surface area contributed by atoms with Crippen molar-refractivity contribution in [3.63, 3.8) is 0 Å². The second-order valence-corrected chi connectivity index (χ2v) is 11.7. The molecule has 34 heavy (non-hydrogen) atoms. The van der Waals surface area contributed by atoms with Crippen molar-refractivity contribution in [3.05, 3.63) is 40.4 Å². The number of rotatable bonds is 5. The van der Waals surface area contributed by atoms with Crippen LogP contribution in [-0.2, 0) is 17.6 Å². The predicted octanol–water partition coefficient (Wildman–Crippen LogP) is 4.36. The maximum atomic E-state index is 13.1. The van der Waals surface area contributed by atoms with Crippen molar-refractivity contribution in [1.29, 1.82) is 0 Å². The Labute approximate surface area is 206 Å². The monoisotopic (exact) mass is 496 g/mol. The SMILES string of the molecule is C[C@@H]1CCc2c(sc3nc(C4CC4)nc(SCC(=O)N4CCN(C(=O)c5ccco5)CC4)c23)C1. The Kier molecular flexibility index (Phi) is 5.85. The van der Waals surface area contributed by atoms with Gasteiger partial charge in [-0.3, -0.25) is 9.59 Å². The van der Waals surface area contributed by atoms with Gasteiger partial charge in [0, 0.05) is 42.4 Å². The molecule has 0 bridgehead atoms. The molecular formula is C25H28N4O3S2. The molecule has 4 heterocycles. The Bertz CT molecular complexity index is 1230. The zero-order valence-corrected chi connectivity index (χ0v) is 20.9. The van der Waals surface area contributed by atoms with Crippen LogP contribution in [0.25, 0.3) is 10.2 Å². The Balaban J connectivity index is 1.15. The number of carbonyl (C=O) groups excluding carboxylic acids is 2. The Morgan fingerprint density at radius 1 is 1.15 bits per heavy atom. The van der Waals surface area contributed by atoms with E-state index in [0.29, 0.717) is 49.5 Å². The molecule has 1 atom stereocenters. The number of nitrogens with zero attached hydrogens (tertiary/aromatic N) is 4. The van der Waals surface area contributed by atoms with Gasteiger partial charge in [0.05, 0.1) is 12.0 Å². The van der Waals surface area contributed by atoms with Crippen LogP contribution in [0.3, 0.4) is 0 Å². The van der Waals surface area contributed by atoms with Crippen LogP contribution in [0.4, 0.5) is 0 Å². The highest BCUT2D eigenvalue weighted by Crippen LogP contribution is 2.44. The number of piperazine rings is 1. The molecule has 0 N–H and O–H groups in total. The van der Waals surface area contributed by atoms with E-state index in [2.05, 4.69) is 6.92 Å². The molecule has 178 valence electrons. The van der Waals surface area contributed by atoms with Crippen molar-refractivity contribution in [1.82, 2.24) is 19.8 Å². The molecule has 2 amide bonds. The van der Waals surface area contributed by atoms with Crippen LogP contribution in [0.1, 0.15) is 58.9 Å². The van der Waals surface area contributed by atoms with Gasteiger partial charge in [0.2, 0.25) is 5.91 Å². The largest absolute Gasteiger partial charge is 0.459 e. The van der Waals surface area contributed by atoms with Gasteiger partial charge in [-0.05, 0) is 55.7 Å². The van der Waals surface area contributed by atoms with Crippen LogP contribution in [0.5, 0.6) is 0 Å². The van der Waals surface area contributed by atoms with E-state index in [1.165, 1.54) is 28.5 Å². The molecule has 2 fully saturated rings. The second kappa shape index (κ2) is 9.00. The van der Waals surface area contributed by atoms with Gasteiger partial charge in [0.15, 0.2) is 5.76 Å². The lowest BCUT2D eigenvalue weighted by Gasteiger charge is -2.34. The maximum Gasteiger partial charge on any atom is 0.289 e. The maximum absolute atomic E-state index is 13.1. The van der Waals surface area contributed by atoms with E-state index in [1.54, 1.807) is 28.8 Å². The Morgan fingerprint density at radius 2 is 1.94 bits per heavy atom. The summed E-state index contributed by atoms with van der Waals surface area (Å²) in [5, 5.41) is 2.18. The van der Waals surface area contributed by atoms with Gasteiger partial charge in [-0.2, -0.15) is 0 Å². The van der Waals surface area contributed by atoms with Gasteiger partial charge in [-0.15, -0.1) is 11.3 Å². The fourth-order valence-electron chi connectivity index (χ4n) is 4.89. The number of fused-ring (bicyclic) bond motifs is 3. The molecule has 0 unspecified atom stereocenters. The van der Waals surface area contributed by atoms with E-state index in [4.69, 9.17) is 14.4 Å². The van der Waals surface area contributed by atoms with Crippen LogP contribution >= 0.6 is 23.1 Å². The molecule has 3 aliphatic rings. The minimum absolute atomic E-state index is 0.104. The number of aryl methyl sites for hydroxylation is 1. The topological polar surface area (TPSA) is 79.5 Å². The summed E-state index contributed by atoms with van der Waals surface area (Å²) in [6.07, 6.45) is 7.24. The molecule has 3 aromatic rings. The lowest BCUT2D eigenvalue weighted by atomic mass is 9.89. The smallest absolute Gasteiger partial charge is 0.289 e. The van der Waals surface area contributed by atoms with Crippen LogP contribution in [0.15, 0.2) is 27.8 Å². The van der Waals surface area contributed by atoms with Crippen molar-refractivity contribution in [3.8, 4) is 0 Å². The molecule has 0 aromatic carbocycles. The standard InChI is InChI=1S/C25H28N4O3S2/c1-15-4-7-17-19(13-15)34-24-21(17)23(26-22(27-24)16-5-6-16)33-14-20(30)28-8-10-29(11-9-28)25(31)18-3-2-12-32-18/h2-3,12,15-16H,4-11,13-14H2,1H3/t15-/m1/s1. The molecule has 1 saturated heterocycles. The van der Waals surface area contributed by atoms with E-state index in [-0.39, 0.29) is 11.8 Å². The highest BCUT2D eigenvalue weighted by atomic mass is 32.2. The van der Waals surface area contributed by atoms with Crippen LogP contribution in [0.2, 0.25) is 0 Å². The molecule has 2 aliphatic carbocycles. The summed E-state index contributed by atoms with van der Waals surface area (Å²) in [5.74, 6) is 2.86. The van der Waals surface area contributed by atoms with Gasteiger partial charge in [0.25, 0.3) is 5.91 Å². The number of hydrogen-bond donors (Lipinski definition) is 0. The first kappa shape index (κ1) is 22.1. The molecule has 9 heteroatoms. The molecule has 6 rings (SSSR count). The number of carbonyl (C=O) groups is 2. The Hall–Kier alpha value is -2.39. The average Bonchev–Trinajstić information content (AvgIpc) is 3.43. The quantitative estimate of drug-likeness (QED) is 0.386. The predicted molar refractivity (Wildman–Crippen MR) is 132 cm³/mol. The summed E-state index contributed by atoms with van der Waals surface area (Å²) in [5.41, 5.74) is 1.42. The lowest BCUT2D eigenvalue weighted by Crippen LogP contribution is -2.51. The number of hydrogen-bond acceptors (Lipinski definition) is 7. The number of aromatic nitrogens is 2. The second-order valence-electron chi connectivity index (χ2n) is 9.63. The zero-order valence-electron chi connectivity index (χ0n) is 19.3. The first-order valence-electron chi connectivity index (χ1n) is 12.1. The summed E-state index contributed by atoms with van der Waals surface area (Å²) in [6.45, 7) is 4.46. The van der Waals surface area contributed by atoms with Gasteiger partial charge in [-0.25, -0.2) is 9.97 Å². The van der Waals surface area contributed by atoms with Gasteiger partial charge in [-0.1, -0.05) is 18.7 Å². The number of thiophene rings is 1. The number of furan rings is 1. The van der Waals surface area contributed by atoms with Gasteiger partial charge in [0.1, 0.15) is 15.7 Å². The molecule has 3 aromatic heterocycles. The van der Waals surface area contributed by atoms with Gasteiger partial charge < -0.3 is 14.2 Å². The lowest BCUT2D eigenvalue weighted by molar-refractivity contribution is -0.129. The number of amides is 2. The normalized spacial score (nSPS) is 20.6. The summed E-state index contributed by atoms with van der Waals surface area (Å²) >= 11 is 3.40. The molecule has 7 nitrogen and oxygen atoms in total. The van der Waals surface area contributed by atoms with E-state index in [0.717, 1.165) is 41.4 Å². The van der Waals surface area contributed by atoms with Crippen molar-refractivity contribution in [2.75, 3.05) is 31.9 Å². The summed E-state index contributed by atoms with van der Waals surface area (Å²) in [7, 11) is 0. The third-order valence-corrected chi connectivity index (χ3v) is 9.17. The van der Waals surface area contributed by atoms with E-state index < -0.39 is 0 Å². The molecule has 0 spiro atoms. The van der Waals surface area contributed by atoms with E-state index in [1.807, 2.05) is 16.2 Å². The minimum Gasteiger partial charge on any atom is -0.459 e. The highest BCUT2D eigenvalue weighted by molar-refractivity contribution is 8.00. The third-order valence-electron chi connectivity index (χ3n) is 7.07. The molecular weight excluding hydrogens is 468 g/mol. The molecule has 0 radical (unpaired) electrons. The average molecular weight is 497 g/mol. The van der Waals surface area contributed by atoms with E-state index in [9.17, 15) is 9.59 Å². The summed E-state index contributed by atoms with van der Waals surface area (Å²) in [4.78, 5) is 41.6. The van der Waals surface area contributed by atoms with Crippen molar-refractivity contribution < 1.29 is 14.0 Å². The van der Waals surface area contributed by atoms with Crippen molar-refractivity contribution in [2.24, 2.45) is 5.92 Å². The van der Waals surface area contributed by atoms with Crippen molar-refractivity contribution >= 4 is 45.1 Å². The molecule has 1 aliphatic heterocycles. The zero-order chi connectivity index (χ0) is 23.2. The van der Waals surface area contributed by atoms with Crippen LogP contribution in [0, 0.1) is 5.92 Å². The van der Waals surface area contributed by atoms with E-state index >= 15 is 0 Å². The molecule has 1 saturated carbocycles. The van der Waals surface area contributed by atoms with Crippen LogP contribution < -0.4 is 0 Å². The van der Waals surface area contributed by atoms with Gasteiger partial charge >= 0.3 is 0 Å². The first-order valence-corrected chi connectivity index (χ1v) is 13.9.